The number of hydrogen-bond donors (Lipinski definition) is 0. The van der Waals surface area contributed by atoms with Gasteiger partial charge in [-0.3, -0.25) is 4.79 Å². The fourth-order valence-corrected chi connectivity index (χ4v) is 2.36. The predicted octanol–water partition coefficient (Wildman–Crippen LogP) is 3.20. The van der Waals surface area contributed by atoms with E-state index < -0.39 is 0 Å². The zero-order chi connectivity index (χ0) is 13.0. The Labute approximate surface area is 110 Å². The number of methoxy groups -OCH3 is 1. The first kappa shape index (κ1) is 12.9. The first-order valence-electron chi connectivity index (χ1n) is 5.75. The van der Waals surface area contributed by atoms with E-state index in [-0.39, 0.29) is 5.78 Å². The number of hydrogen-bond acceptors (Lipinski definition) is 4. The summed E-state index contributed by atoms with van der Waals surface area (Å²) < 4.78 is 5.04. The third-order valence-corrected chi connectivity index (χ3v) is 3.59. The molecular formula is C14H15NO2S. The van der Waals surface area contributed by atoms with Gasteiger partial charge in [0.05, 0.1) is 12.3 Å². The quantitative estimate of drug-likeness (QED) is 0.776. The lowest BCUT2D eigenvalue weighted by Gasteiger charge is -2.01. The molecule has 2 aromatic rings. The van der Waals surface area contributed by atoms with Crippen molar-refractivity contribution in [2.24, 2.45) is 0 Å². The highest BCUT2D eigenvalue weighted by Gasteiger charge is 2.07. The van der Waals surface area contributed by atoms with Crippen LogP contribution in [0.5, 0.6) is 0 Å². The standard InChI is InChI=1S/C14H15NO2S/c1-10(16)14-15-13(9-18-14)12-5-3-11(4-6-12)7-8-17-2/h3-6,9H,7-8H2,1-2H3. The van der Waals surface area contributed by atoms with Gasteiger partial charge in [-0.05, 0) is 12.0 Å². The van der Waals surface area contributed by atoms with E-state index in [1.165, 1.54) is 23.8 Å². The zero-order valence-corrected chi connectivity index (χ0v) is 11.3. The summed E-state index contributed by atoms with van der Waals surface area (Å²) in [6, 6.07) is 8.20. The molecule has 0 aliphatic carbocycles. The summed E-state index contributed by atoms with van der Waals surface area (Å²) in [6.07, 6.45) is 0.909. The fraction of sp³-hybridized carbons (Fsp3) is 0.286. The van der Waals surface area contributed by atoms with Gasteiger partial charge in [-0.15, -0.1) is 11.3 Å². The van der Waals surface area contributed by atoms with Gasteiger partial charge in [-0.1, -0.05) is 24.3 Å². The summed E-state index contributed by atoms with van der Waals surface area (Å²) in [4.78, 5) is 15.5. The van der Waals surface area contributed by atoms with Gasteiger partial charge in [0.25, 0.3) is 0 Å². The van der Waals surface area contributed by atoms with Crippen LogP contribution in [0, 0.1) is 0 Å². The zero-order valence-electron chi connectivity index (χ0n) is 10.5. The molecule has 2 rings (SSSR count). The summed E-state index contributed by atoms with van der Waals surface area (Å²) in [6.45, 7) is 2.26. The second-order valence-electron chi connectivity index (χ2n) is 4.03. The van der Waals surface area contributed by atoms with Crippen molar-refractivity contribution in [2.45, 2.75) is 13.3 Å². The number of rotatable bonds is 5. The molecular weight excluding hydrogens is 246 g/mol. The van der Waals surface area contributed by atoms with E-state index in [0.717, 1.165) is 24.3 Å². The maximum Gasteiger partial charge on any atom is 0.188 e. The highest BCUT2D eigenvalue weighted by atomic mass is 32.1. The summed E-state index contributed by atoms with van der Waals surface area (Å²) in [7, 11) is 1.70. The Morgan fingerprint density at radius 2 is 2.06 bits per heavy atom. The third kappa shape index (κ3) is 3.03. The maximum atomic E-state index is 11.2. The van der Waals surface area contributed by atoms with Crippen LogP contribution in [0.15, 0.2) is 29.6 Å². The Bertz CT molecular complexity index is 531. The average Bonchev–Trinajstić information content (AvgIpc) is 2.87. The van der Waals surface area contributed by atoms with Crippen molar-refractivity contribution in [2.75, 3.05) is 13.7 Å². The molecule has 0 unspecified atom stereocenters. The number of nitrogens with zero attached hydrogens (tertiary/aromatic N) is 1. The normalized spacial score (nSPS) is 10.6. The highest BCUT2D eigenvalue weighted by molar-refractivity contribution is 7.12. The molecule has 0 N–H and O–H groups in total. The van der Waals surface area contributed by atoms with Gasteiger partial charge in [0.1, 0.15) is 0 Å². The van der Waals surface area contributed by atoms with Crippen LogP contribution in [-0.2, 0) is 11.2 Å². The molecule has 1 aromatic heterocycles. The van der Waals surface area contributed by atoms with Crippen molar-refractivity contribution >= 4 is 17.1 Å². The summed E-state index contributed by atoms with van der Waals surface area (Å²) in [5.74, 6) is 0.0166. The number of benzene rings is 1. The molecule has 0 fully saturated rings. The van der Waals surface area contributed by atoms with Crippen LogP contribution >= 0.6 is 11.3 Å². The smallest absolute Gasteiger partial charge is 0.188 e. The molecule has 0 saturated carbocycles. The molecule has 4 heteroatoms. The number of ketones is 1. The van der Waals surface area contributed by atoms with E-state index in [0.29, 0.717) is 5.01 Å². The van der Waals surface area contributed by atoms with Crippen LogP contribution in [0.1, 0.15) is 22.3 Å². The van der Waals surface area contributed by atoms with Crippen LogP contribution < -0.4 is 0 Å². The third-order valence-electron chi connectivity index (χ3n) is 2.65. The first-order chi connectivity index (χ1) is 8.70. The molecule has 0 amide bonds. The van der Waals surface area contributed by atoms with E-state index >= 15 is 0 Å². The topological polar surface area (TPSA) is 39.2 Å². The maximum absolute atomic E-state index is 11.2. The molecule has 0 saturated heterocycles. The average molecular weight is 261 g/mol. The minimum Gasteiger partial charge on any atom is -0.384 e. The second-order valence-corrected chi connectivity index (χ2v) is 4.89. The van der Waals surface area contributed by atoms with Gasteiger partial charge >= 0.3 is 0 Å². The summed E-state index contributed by atoms with van der Waals surface area (Å²) in [5.41, 5.74) is 3.14. The minimum absolute atomic E-state index is 0.0166. The molecule has 0 bridgehead atoms. The van der Waals surface area contributed by atoms with E-state index in [9.17, 15) is 4.79 Å². The molecule has 0 radical (unpaired) electrons. The van der Waals surface area contributed by atoms with Crippen LogP contribution in [0.4, 0.5) is 0 Å². The van der Waals surface area contributed by atoms with Crippen molar-refractivity contribution in [3.05, 3.63) is 40.2 Å². The van der Waals surface area contributed by atoms with Gasteiger partial charge in [0, 0.05) is 25.0 Å². The van der Waals surface area contributed by atoms with E-state index in [1.54, 1.807) is 7.11 Å². The molecule has 0 atom stereocenters. The summed E-state index contributed by atoms with van der Waals surface area (Å²) >= 11 is 1.39. The van der Waals surface area contributed by atoms with Gasteiger partial charge in [0.15, 0.2) is 10.8 Å². The number of Topliss-reactive ketones (excluding diaryl/α,β-unsaturated/α-hetero) is 1. The molecule has 1 heterocycles. The van der Waals surface area contributed by atoms with Gasteiger partial charge in [-0.25, -0.2) is 4.98 Å². The number of thiazole rings is 1. The second kappa shape index (κ2) is 5.89. The predicted molar refractivity (Wildman–Crippen MR) is 73.1 cm³/mol. The fourth-order valence-electron chi connectivity index (χ4n) is 1.63. The molecule has 94 valence electrons. The van der Waals surface area contributed by atoms with Gasteiger partial charge < -0.3 is 4.74 Å². The van der Waals surface area contributed by atoms with Crippen LogP contribution in [0.2, 0.25) is 0 Å². The highest BCUT2D eigenvalue weighted by Crippen LogP contribution is 2.22. The minimum atomic E-state index is 0.0166. The van der Waals surface area contributed by atoms with Crippen molar-refractivity contribution in [1.82, 2.24) is 4.98 Å². The van der Waals surface area contributed by atoms with Crippen molar-refractivity contribution in [3.8, 4) is 11.3 Å². The molecule has 1 aromatic carbocycles. The monoisotopic (exact) mass is 261 g/mol. The van der Waals surface area contributed by atoms with Crippen molar-refractivity contribution < 1.29 is 9.53 Å². The number of aromatic nitrogens is 1. The Kier molecular flexibility index (Phi) is 4.23. The van der Waals surface area contributed by atoms with Gasteiger partial charge in [0.2, 0.25) is 0 Å². The van der Waals surface area contributed by atoms with Crippen LogP contribution in [0.25, 0.3) is 11.3 Å². The Hall–Kier alpha value is -1.52. The van der Waals surface area contributed by atoms with E-state index in [4.69, 9.17) is 4.74 Å². The number of carbonyl (C=O) groups is 1. The molecule has 3 nitrogen and oxygen atoms in total. The van der Waals surface area contributed by atoms with E-state index in [2.05, 4.69) is 17.1 Å². The lowest BCUT2D eigenvalue weighted by molar-refractivity contribution is 0.101. The van der Waals surface area contributed by atoms with Crippen molar-refractivity contribution in [3.63, 3.8) is 0 Å². The Morgan fingerprint density at radius 3 is 2.61 bits per heavy atom. The largest absolute Gasteiger partial charge is 0.384 e. The van der Waals surface area contributed by atoms with Crippen LogP contribution in [0.3, 0.4) is 0 Å². The lowest BCUT2D eigenvalue weighted by Crippen LogP contribution is -1.94. The molecule has 0 aliphatic rings. The van der Waals surface area contributed by atoms with Crippen LogP contribution in [-0.4, -0.2) is 24.5 Å². The van der Waals surface area contributed by atoms with Crippen molar-refractivity contribution in [1.29, 1.82) is 0 Å². The Balaban J connectivity index is 2.15. The van der Waals surface area contributed by atoms with Gasteiger partial charge in [-0.2, -0.15) is 0 Å². The Morgan fingerprint density at radius 1 is 1.33 bits per heavy atom. The molecule has 0 aliphatic heterocycles. The first-order valence-corrected chi connectivity index (χ1v) is 6.63. The number of ether oxygens (including phenoxy) is 1. The SMILES string of the molecule is COCCc1ccc(-c2csc(C(C)=O)n2)cc1. The molecule has 0 spiro atoms. The van der Waals surface area contributed by atoms with E-state index in [1.807, 2.05) is 17.5 Å². The summed E-state index contributed by atoms with van der Waals surface area (Å²) in [5, 5.41) is 2.48. The molecule has 18 heavy (non-hydrogen) atoms. The number of carbonyl (C=O) groups excluding carboxylic acids is 1. The lowest BCUT2D eigenvalue weighted by atomic mass is 10.1.